The van der Waals surface area contributed by atoms with Gasteiger partial charge in [-0.3, -0.25) is 4.79 Å². The van der Waals surface area contributed by atoms with E-state index in [0.29, 0.717) is 0 Å². The van der Waals surface area contributed by atoms with Gasteiger partial charge in [0.15, 0.2) is 0 Å². The van der Waals surface area contributed by atoms with Crippen molar-refractivity contribution in [3.05, 3.63) is 50.7 Å². The molecule has 6 heteroatoms. The number of carbonyl (C=O) groups is 1. The number of halogens is 1. The van der Waals surface area contributed by atoms with Crippen LogP contribution in [0.1, 0.15) is 23.8 Å². The highest BCUT2D eigenvalue weighted by molar-refractivity contribution is 9.10. The maximum Gasteiger partial charge on any atom is 0.303 e. The molecule has 0 amide bonds. The van der Waals surface area contributed by atoms with Crippen LogP contribution < -0.4 is 0 Å². The van der Waals surface area contributed by atoms with Gasteiger partial charge in [-0.15, -0.1) is 11.3 Å². The average Bonchev–Trinajstić information content (AvgIpc) is 2.89. The molecular formula is C14H12BrNO3S. The summed E-state index contributed by atoms with van der Waals surface area (Å²) in [6, 6.07) is 11.1. The summed E-state index contributed by atoms with van der Waals surface area (Å²) in [5.41, 5.74) is 1.06. The average molecular weight is 354 g/mol. The van der Waals surface area contributed by atoms with Crippen molar-refractivity contribution in [1.29, 1.82) is 0 Å². The largest absolute Gasteiger partial charge is 0.481 e. The summed E-state index contributed by atoms with van der Waals surface area (Å²) in [4.78, 5) is 23.3. The van der Waals surface area contributed by atoms with Crippen LogP contribution in [0.4, 0.5) is 0 Å². The topological polar surface area (TPSA) is 66.7 Å². The molecule has 0 spiro atoms. The van der Waals surface area contributed by atoms with Gasteiger partial charge in [0.1, 0.15) is 6.04 Å². The van der Waals surface area contributed by atoms with E-state index in [0.717, 1.165) is 19.8 Å². The highest BCUT2D eigenvalue weighted by atomic mass is 79.9. The van der Waals surface area contributed by atoms with Gasteiger partial charge in [-0.1, -0.05) is 33.2 Å². The standard InChI is InChI=1S/C14H12BrNO3S/c15-10-3-1-9(2-4-10)12-6-7-13(20-12)11(16-19)5-8-14(17)18/h1-4,6-7,11H,5,8H2,(H,17,18). The first kappa shape index (κ1) is 14.9. The van der Waals surface area contributed by atoms with Crippen LogP contribution in [0.5, 0.6) is 0 Å². The molecule has 2 aromatic rings. The number of thiophene rings is 1. The zero-order valence-corrected chi connectivity index (χ0v) is 12.9. The number of carboxylic acids is 1. The van der Waals surface area contributed by atoms with Crippen molar-refractivity contribution in [2.75, 3.05) is 0 Å². The molecule has 1 heterocycles. The fourth-order valence-corrected chi connectivity index (χ4v) is 3.15. The lowest BCUT2D eigenvalue weighted by Crippen LogP contribution is -1.99. The molecule has 0 saturated carbocycles. The van der Waals surface area contributed by atoms with E-state index in [4.69, 9.17) is 5.11 Å². The van der Waals surface area contributed by atoms with E-state index in [1.54, 1.807) is 0 Å². The number of nitroso groups, excluding NO2 is 1. The quantitative estimate of drug-likeness (QED) is 0.754. The third kappa shape index (κ3) is 3.74. The molecular weight excluding hydrogens is 342 g/mol. The normalized spacial score (nSPS) is 12.1. The number of carboxylic acid groups (broad SMARTS) is 1. The number of hydrogen-bond donors (Lipinski definition) is 1. The van der Waals surface area contributed by atoms with Crippen LogP contribution in [-0.4, -0.2) is 11.1 Å². The van der Waals surface area contributed by atoms with Crippen molar-refractivity contribution in [3.63, 3.8) is 0 Å². The SMILES string of the molecule is O=NC(CCC(=O)O)c1ccc(-c2ccc(Br)cc2)s1. The molecule has 0 bridgehead atoms. The zero-order chi connectivity index (χ0) is 14.5. The zero-order valence-electron chi connectivity index (χ0n) is 10.5. The van der Waals surface area contributed by atoms with E-state index in [9.17, 15) is 9.70 Å². The molecule has 104 valence electrons. The van der Waals surface area contributed by atoms with Crippen molar-refractivity contribution >= 4 is 33.2 Å². The van der Waals surface area contributed by atoms with Gasteiger partial charge in [0.2, 0.25) is 0 Å². The summed E-state index contributed by atoms with van der Waals surface area (Å²) in [6.07, 6.45) is 0.182. The minimum absolute atomic E-state index is 0.0536. The molecule has 0 aliphatic carbocycles. The maximum absolute atomic E-state index is 10.9. The van der Waals surface area contributed by atoms with Crippen LogP contribution in [0.2, 0.25) is 0 Å². The Morgan fingerprint density at radius 3 is 2.55 bits per heavy atom. The van der Waals surface area contributed by atoms with E-state index in [1.807, 2.05) is 36.4 Å². The van der Waals surface area contributed by atoms with Crippen molar-refractivity contribution in [2.24, 2.45) is 5.18 Å². The number of aliphatic carboxylic acids is 1. The van der Waals surface area contributed by atoms with Crippen LogP contribution in [-0.2, 0) is 4.79 Å². The molecule has 20 heavy (non-hydrogen) atoms. The molecule has 0 saturated heterocycles. The molecule has 2 rings (SSSR count). The second-order valence-electron chi connectivity index (χ2n) is 4.26. The summed E-state index contributed by atoms with van der Waals surface area (Å²) < 4.78 is 1.01. The molecule has 0 aliphatic heterocycles. The van der Waals surface area contributed by atoms with Gasteiger partial charge in [-0.2, -0.15) is 4.91 Å². The summed E-state index contributed by atoms with van der Waals surface area (Å²) in [6.45, 7) is 0. The second-order valence-corrected chi connectivity index (χ2v) is 6.29. The minimum Gasteiger partial charge on any atom is -0.481 e. The van der Waals surface area contributed by atoms with Crippen LogP contribution in [0.25, 0.3) is 10.4 Å². The maximum atomic E-state index is 10.9. The Balaban J connectivity index is 2.16. The smallest absolute Gasteiger partial charge is 0.303 e. The lowest BCUT2D eigenvalue weighted by atomic mass is 10.1. The summed E-state index contributed by atoms with van der Waals surface area (Å²) >= 11 is 4.86. The number of rotatable bonds is 6. The third-order valence-electron chi connectivity index (χ3n) is 2.84. The molecule has 4 nitrogen and oxygen atoms in total. The van der Waals surface area contributed by atoms with Gasteiger partial charge in [0.05, 0.1) is 0 Å². The predicted molar refractivity (Wildman–Crippen MR) is 82.9 cm³/mol. The molecule has 1 N–H and O–H groups in total. The van der Waals surface area contributed by atoms with E-state index in [1.165, 1.54) is 11.3 Å². The predicted octanol–water partition coefficient (Wildman–Crippen LogP) is 4.85. The first-order chi connectivity index (χ1) is 9.60. The number of nitrogens with zero attached hydrogens (tertiary/aromatic N) is 1. The van der Waals surface area contributed by atoms with Crippen LogP contribution in [0.3, 0.4) is 0 Å². The van der Waals surface area contributed by atoms with Crippen molar-refractivity contribution in [3.8, 4) is 10.4 Å². The monoisotopic (exact) mass is 353 g/mol. The number of benzene rings is 1. The molecule has 0 fully saturated rings. The van der Waals surface area contributed by atoms with E-state index < -0.39 is 12.0 Å². The van der Waals surface area contributed by atoms with Gasteiger partial charge in [-0.05, 0) is 36.2 Å². The fraction of sp³-hybridized carbons (Fsp3) is 0.214. The minimum atomic E-state index is -0.914. The lowest BCUT2D eigenvalue weighted by molar-refractivity contribution is -0.137. The third-order valence-corrected chi connectivity index (χ3v) is 4.61. The Morgan fingerprint density at radius 2 is 1.95 bits per heavy atom. The molecule has 1 aromatic heterocycles. The van der Waals surface area contributed by atoms with E-state index in [-0.39, 0.29) is 12.8 Å². The molecule has 1 aromatic carbocycles. The summed E-state index contributed by atoms with van der Waals surface area (Å²) in [5, 5.41) is 11.7. The van der Waals surface area contributed by atoms with E-state index >= 15 is 0 Å². The first-order valence-electron chi connectivity index (χ1n) is 6.00. The fourth-order valence-electron chi connectivity index (χ4n) is 1.81. The van der Waals surface area contributed by atoms with Crippen molar-refractivity contribution in [2.45, 2.75) is 18.9 Å². The van der Waals surface area contributed by atoms with E-state index in [2.05, 4.69) is 21.1 Å². The highest BCUT2D eigenvalue weighted by Gasteiger charge is 2.16. The van der Waals surface area contributed by atoms with Gasteiger partial charge >= 0.3 is 5.97 Å². The Morgan fingerprint density at radius 1 is 1.25 bits per heavy atom. The van der Waals surface area contributed by atoms with Gasteiger partial charge in [-0.25, -0.2) is 0 Å². The van der Waals surface area contributed by atoms with Crippen molar-refractivity contribution in [1.82, 2.24) is 0 Å². The summed E-state index contributed by atoms with van der Waals surface area (Å²) in [5.74, 6) is -0.914. The Bertz CT molecular complexity index is 609. The second kappa shape index (κ2) is 6.76. The van der Waals surface area contributed by atoms with Gasteiger partial charge in [0, 0.05) is 20.6 Å². The Labute approximate surface area is 128 Å². The van der Waals surface area contributed by atoms with Gasteiger partial charge in [0.25, 0.3) is 0 Å². The van der Waals surface area contributed by atoms with Crippen LogP contribution in [0.15, 0.2) is 46.0 Å². The molecule has 0 radical (unpaired) electrons. The first-order valence-corrected chi connectivity index (χ1v) is 7.61. The van der Waals surface area contributed by atoms with Gasteiger partial charge < -0.3 is 5.11 Å². The Kier molecular flexibility index (Phi) is 5.03. The van der Waals surface area contributed by atoms with Crippen molar-refractivity contribution < 1.29 is 9.90 Å². The summed E-state index contributed by atoms with van der Waals surface area (Å²) in [7, 11) is 0. The van der Waals surface area contributed by atoms with Crippen LogP contribution >= 0.6 is 27.3 Å². The number of hydrogen-bond acceptors (Lipinski definition) is 4. The molecule has 0 aliphatic rings. The Hall–Kier alpha value is -1.53. The van der Waals surface area contributed by atoms with Crippen LogP contribution in [0, 0.1) is 4.91 Å². The lowest BCUT2D eigenvalue weighted by Gasteiger charge is -2.04. The molecule has 1 unspecified atom stereocenters. The highest BCUT2D eigenvalue weighted by Crippen LogP contribution is 2.35. The molecule has 1 atom stereocenters.